The molecule has 0 amide bonds. The van der Waals surface area contributed by atoms with Crippen molar-refractivity contribution in [3.63, 3.8) is 0 Å². The molecule has 0 aliphatic heterocycles. The molecule has 1 aromatic carbocycles. The Morgan fingerprint density at radius 3 is 2.70 bits per heavy atom. The standard InChI is InChI=1S/C9H10F/c1-2-5-8-6-3-4-7-9(8)10/h3-7H,2H2,1H3. The van der Waals surface area contributed by atoms with Gasteiger partial charge in [0.2, 0.25) is 0 Å². The van der Waals surface area contributed by atoms with E-state index in [0.717, 1.165) is 6.42 Å². The lowest BCUT2D eigenvalue weighted by Gasteiger charge is -1.97. The van der Waals surface area contributed by atoms with Crippen LogP contribution >= 0.6 is 0 Å². The molecule has 53 valence electrons. The molecule has 0 unspecified atom stereocenters. The maximum Gasteiger partial charge on any atom is 0.126 e. The van der Waals surface area contributed by atoms with E-state index < -0.39 is 0 Å². The molecule has 0 aliphatic carbocycles. The quantitative estimate of drug-likeness (QED) is 0.588. The van der Waals surface area contributed by atoms with Crippen molar-refractivity contribution < 1.29 is 4.39 Å². The van der Waals surface area contributed by atoms with E-state index in [-0.39, 0.29) is 5.82 Å². The lowest BCUT2D eigenvalue weighted by molar-refractivity contribution is 0.619. The van der Waals surface area contributed by atoms with Crippen LogP contribution in [0.5, 0.6) is 0 Å². The zero-order valence-electron chi connectivity index (χ0n) is 5.97. The molecule has 10 heavy (non-hydrogen) atoms. The Kier molecular flexibility index (Phi) is 2.43. The summed E-state index contributed by atoms with van der Waals surface area (Å²) < 4.78 is 12.7. The molecule has 0 N–H and O–H groups in total. The van der Waals surface area contributed by atoms with E-state index >= 15 is 0 Å². The molecule has 0 fully saturated rings. The van der Waals surface area contributed by atoms with Gasteiger partial charge in [0, 0.05) is 0 Å². The average molecular weight is 137 g/mol. The fourth-order valence-electron chi connectivity index (χ4n) is 0.861. The van der Waals surface area contributed by atoms with Crippen LogP contribution < -0.4 is 0 Å². The number of rotatable bonds is 2. The van der Waals surface area contributed by atoms with Crippen LogP contribution in [0, 0.1) is 12.2 Å². The summed E-state index contributed by atoms with van der Waals surface area (Å²) >= 11 is 0. The van der Waals surface area contributed by atoms with Crippen molar-refractivity contribution in [2.45, 2.75) is 13.3 Å². The van der Waals surface area contributed by atoms with Crippen LogP contribution in [-0.2, 0) is 0 Å². The van der Waals surface area contributed by atoms with Gasteiger partial charge < -0.3 is 0 Å². The van der Waals surface area contributed by atoms with Gasteiger partial charge in [-0.05, 0) is 24.5 Å². The van der Waals surface area contributed by atoms with Gasteiger partial charge in [0.05, 0.1) is 0 Å². The van der Waals surface area contributed by atoms with Crippen molar-refractivity contribution in [1.29, 1.82) is 0 Å². The van der Waals surface area contributed by atoms with Gasteiger partial charge in [0.25, 0.3) is 0 Å². The maximum atomic E-state index is 12.7. The zero-order valence-corrected chi connectivity index (χ0v) is 5.97. The Hall–Kier alpha value is -0.850. The first kappa shape index (κ1) is 7.26. The summed E-state index contributed by atoms with van der Waals surface area (Å²) in [7, 11) is 0. The Labute approximate surface area is 60.7 Å². The molecule has 0 nitrogen and oxygen atoms in total. The van der Waals surface area contributed by atoms with Gasteiger partial charge in [-0.1, -0.05) is 25.1 Å². The third-order valence-electron chi connectivity index (χ3n) is 1.33. The van der Waals surface area contributed by atoms with E-state index in [1.165, 1.54) is 6.07 Å². The molecular weight excluding hydrogens is 127 g/mol. The molecule has 0 bridgehead atoms. The first-order valence-electron chi connectivity index (χ1n) is 3.42. The van der Waals surface area contributed by atoms with E-state index in [0.29, 0.717) is 5.56 Å². The van der Waals surface area contributed by atoms with Crippen LogP contribution in [0.1, 0.15) is 18.9 Å². The van der Waals surface area contributed by atoms with Crippen molar-refractivity contribution in [2.75, 3.05) is 0 Å². The molecule has 0 aromatic heterocycles. The predicted octanol–water partition coefficient (Wildman–Crippen LogP) is 2.79. The zero-order chi connectivity index (χ0) is 7.40. The Bertz CT molecular complexity index is 206. The molecule has 1 heteroatoms. The van der Waals surface area contributed by atoms with Gasteiger partial charge >= 0.3 is 0 Å². The summed E-state index contributed by atoms with van der Waals surface area (Å²) in [6, 6.07) is 6.78. The minimum Gasteiger partial charge on any atom is -0.207 e. The second kappa shape index (κ2) is 3.35. The Morgan fingerprint density at radius 1 is 1.40 bits per heavy atom. The highest BCUT2D eigenvalue weighted by Gasteiger charge is 1.96. The molecule has 1 aromatic rings. The van der Waals surface area contributed by atoms with Crippen LogP contribution in [0.15, 0.2) is 24.3 Å². The first-order chi connectivity index (χ1) is 4.84. The van der Waals surface area contributed by atoms with Crippen molar-refractivity contribution in [2.24, 2.45) is 0 Å². The third kappa shape index (κ3) is 1.56. The van der Waals surface area contributed by atoms with Crippen molar-refractivity contribution in [3.05, 3.63) is 42.1 Å². The molecule has 0 atom stereocenters. The normalized spacial score (nSPS) is 9.80. The fourth-order valence-corrected chi connectivity index (χ4v) is 0.861. The second-order valence-corrected chi connectivity index (χ2v) is 2.13. The van der Waals surface area contributed by atoms with Gasteiger partial charge in [-0.15, -0.1) is 0 Å². The van der Waals surface area contributed by atoms with E-state index in [1.807, 2.05) is 19.4 Å². The molecule has 1 rings (SSSR count). The van der Waals surface area contributed by atoms with Crippen molar-refractivity contribution >= 4 is 0 Å². The van der Waals surface area contributed by atoms with Crippen LogP contribution in [0.2, 0.25) is 0 Å². The van der Waals surface area contributed by atoms with E-state index in [9.17, 15) is 4.39 Å². The maximum absolute atomic E-state index is 12.7. The van der Waals surface area contributed by atoms with Gasteiger partial charge in [-0.2, -0.15) is 0 Å². The molecule has 0 aliphatic rings. The summed E-state index contributed by atoms with van der Waals surface area (Å²) in [6.07, 6.45) is 2.75. The summed E-state index contributed by atoms with van der Waals surface area (Å²) in [5.41, 5.74) is 0.699. The van der Waals surface area contributed by atoms with Crippen LogP contribution in [0.25, 0.3) is 0 Å². The van der Waals surface area contributed by atoms with E-state index in [2.05, 4.69) is 0 Å². The highest BCUT2D eigenvalue weighted by molar-refractivity contribution is 5.23. The molecule has 0 spiro atoms. The largest absolute Gasteiger partial charge is 0.207 e. The molecule has 0 heterocycles. The van der Waals surface area contributed by atoms with Crippen LogP contribution in [0.4, 0.5) is 4.39 Å². The van der Waals surface area contributed by atoms with Crippen molar-refractivity contribution in [3.8, 4) is 0 Å². The van der Waals surface area contributed by atoms with Crippen LogP contribution in [0.3, 0.4) is 0 Å². The lowest BCUT2D eigenvalue weighted by Crippen LogP contribution is -1.84. The SMILES string of the molecule is CC[CH]c1ccccc1F. The molecule has 0 saturated carbocycles. The smallest absolute Gasteiger partial charge is 0.126 e. The Morgan fingerprint density at radius 2 is 2.10 bits per heavy atom. The Balaban J connectivity index is 2.81. The fraction of sp³-hybridized carbons (Fsp3) is 0.222. The average Bonchev–Trinajstić information content (AvgIpc) is 1.94. The van der Waals surface area contributed by atoms with Crippen LogP contribution in [-0.4, -0.2) is 0 Å². The highest BCUT2D eigenvalue weighted by atomic mass is 19.1. The minimum atomic E-state index is -0.135. The number of benzene rings is 1. The monoisotopic (exact) mass is 137 g/mol. The van der Waals surface area contributed by atoms with E-state index in [4.69, 9.17) is 0 Å². The van der Waals surface area contributed by atoms with Crippen molar-refractivity contribution in [1.82, 2.24) is 0 Å². The summed E-state index contributed by atoms with van der Waals surface area (Å²) in [5.74, 6) is -0.135. The molecular formula is C9H10F. The number of hydrogen-bond donors (Lipinski definition) is 0. The number of hydrogen-bond acceptors (Lipinski definition) is 0. The third-order valence-corrected chi connectivity index (χ3v) is 1.33. The molecule has 0 saturated heterocycles. The van der Waals surface area contributed by atoms with Gasteiger partial charge in [0.15, 0.2) is 0 Å². The topological polar surface area (TPSA) is 0 Å². The minimum absolute atomic E-state index is 0.135. The lowest BCUT2D eigenvalue weighted by atomic mass is 10.1. The van der Waals surface area contributed by atoms with Gasteiger partial charge in [0.1, 0.15) is 5.82 Å². The van der Waals surface area contributed by atoms with Gasteiger partial charge in [-0.25, -0.2) is 4.39 Å². The van der Waals surface area contributed by atoms with E-state index in [1.54, 1.807) is 12.1 Å². The molecule has 1 radical (unpaired) electrons. The predicted molar refractivity (Wildman–Crippen MR) is 40.1 cm³/mol. The summed E-state index contributed by atoms with van der Waals surface area (Å²) in [6.45, 7) is 1.99. The highest BCUT2D eigenvalue weighted by Crippen LogP contribution is 2.09. The number of halogens is 1. The first-order valence-corrected chi connectivity index (χ1v) is 3.42. The summed E-state index contributed by atoms with van der Waals surface area (Å²) in [4.78, 5) is 0. The second-order valence-electron chi connectivity index (χ2n) is 2.13. The summed E-state index contributed by atoms with van der Waals surface area (Å²) in [5, 5.41) is 0. The van der Waals surface area contributed by atoms with Gasteiger partial charge in [-0.3, -0.25) is 0 Å².